The molecule has 3 aromatic rings. The number of sulfonamides is 1. The molecule has 0 fully saturated rings. The lowest BCUT2D eigenvalue weighted by Crippen LogP contribution is -2.53. The molecule has 0 heterocycles. The van der Waals surface area contributed by atoms with E-state index in [-0.39, 0.29) is 34.6 Å². The van der Waals surface area contributed by atoms with Crippen molar-refractivity contribution >= 4 is 62.3 Å². The molecule has 11 heteroatoms. The Morgan fingerprint density at radius 1 is 0.897 bits per heavy atom. The van der Waals surface area contributed by atoms with Crippen molar-refractivity contribution < 1.29 is 18.0 Å². The summed E-state index contributed by atoms with van der Waals surface area (Å²) in [6, 6.07) is 19.7. The molecule has 0 aliphatic heterocycles. The number of nitrogens with one attached hydrogen (secondary N) is 1. The van der Waals surface area contributed by atoms with Gasteiger partial charge in [0.1, 0.15) is 12.6 Å². The second kappa shape index (κ2) is 14.0. The van der Waals surface area contributed by atoms with E-state index in [2.05, 4.69) is 5.32 Å². The van der Waals surface area contributed by atoms with Gasteiger partial charge in [0.25, 0.3) is 0 Å². The Morgan fingerprint density at radius 3 is 2.15 bits per heavy atom. The maximum atomic E-state index is 14.0. The van der Waals surface area contributed by atoms with Crippen molar-refractivity contribution in [1.82, 2.24) is 10.2 Å². The lowest BCUT2D eigenvalue weighted by Gasteiger charge is -2.33. The van der Waals surface area contributed by atoms with E-state index in [9.17, 15) is 18.0 Å². The smallest absolute Gasteiger partial charge is 0.244 e. The van der Waals surface area contributed by atoms with Crippen LogP contribution in [0, 0.1) is 0 Å². The maximum absolute atomic E-state index is 14.0. The van der Waals surface area contributed by atoms with Crippen molar-refractivity contribution in [2.75, 3.05) is 23.7 Å². The Bertz CT molecular complexity index is 1390. The number of amides is 2. The molecule has 3 aromatic carbocycles. The molecule has 3 rings (SSSR count). The highest BCUT2D eigenvalue weighted by Crippen LogP contribution is 2.29. The Hall–Kier alpha value is -2.78. The molecule has 0 spiro atoms. The number of anilines is 1. The number of hydrogen-bond donors (Lipinski definition) is 1. The number of rotatable bonds is 12. The number of halogens is 3. The third-order valence-electron chi connectivity index (χ3n) is 5.96. The summed E-state index contributed by atoms with van der Waals surface area (Å²) >= 11 is 18.2. The molecule has 39 heavy (non-hydrogen) atoms. The highest BCUT2D eigenvalue weighted by molar-refractivity contribution is 7.92. The quantitative estimate of drug-likeness (QED) is 0.290. The summed E-state index contributed by atoms with van der Waals surface area (Å²) in [5.41, 5.74) is 1.77. The lowest BCUT2D eigenvalue weighted by molar-refractivity contribution is -0.140. The van der Waals surface area contributed by atoms with E-state index in [4.69, 9.17) is 34.8 Å². The highest BCUT2D eigenvalue weighted by Gasteiger charge is 2.33. The zero-order chi connectivity index (χ0) is 28.6. The molecule has 0 unspecified atom stereocenters. The van der Waals surface area contributed by atoms with Gasteiger partial charge < -0.3 is 10.2 Å². The van der Waals surface area contributed by atoms with Gasteiger partial charge in [-0.15, -0.1) is 0 Å². The van der Waals surface area contributed by atoms with E-state index in [1.165, 1.54) is 23.1 Å². The molecule has 2 amide bonds. The van der Waals surface area contributed by atoms with E-state index >= 15 is 0 Å². The van der Waals surface area contributed by atoms with Crippen molar-refractivity contribution in [3.8, 4) is 0 Å². The molecule has 0 aromatic heterocycles. The summed E-state index contributed by atoms with van der Waals surface area (Å²) in [4.78, 5) is 28.8. The van der Waals surface area contributed by atoms with E-state index in [1.54, 1.807) is 24.3 Å². The first-order valence-electron chi connectivity index (χ1n) is 12.3. The monoisotopic (exact) mass is 609 g/mol. The van der Waals surface area contributed by atoms with Gasteiger partial charge in [-0.05, 0) is 47.9 Å². The van der Waals surface area contributed by atoms with Gasteiger partial charge in [0.15, 0.2) is 0 Å². The van der Waals surface area contributed by atoms with Crippen LogP contribution in [0.3, 0.4) is 0 Å². The van der Waals surface area contributed by atoms with Crippen LogP contribution in [0.1, 0.15) is 24.5 Å². The normalized spacial score (nSPS) is 12.0. The van der Waals surface area contributed by atoms with Gasteiger partial charge in [-0.25, -0.2) is 8.42 Å². The van der Waals surface area contributed by atoms with E-state index in [0.29, 0.717) is 18.0 Å². The average molecular weight is 611 g/mol. The Morgan fingerprint density at radius 2 is 1.56 bits per heavy atom. The van der Waals surface area contributed by atoms with Crippen LogP contribution in [-0.4, -0.2) is 50.5 Å². The van der Waals surface area contributed by atoms with Crippen molar-refractivity contribution in [3.05, 3.63) is 99.0 Å². The number of carbonyl (C=O) groups excluding carboxylic acids is 2. The zero-order valence-corrected chi connectivity index (χ0v) is 24.7. The van der Waals surface area contributed by atoms with Gasteiger partial charge in [-0.1, -0.05) is 84.2 Å². The summed E-state index contributed by atoms with van der Waals surface area (Å²) in [5.74, 6) is -0.891. The second-order valence-electron chi connectivity index (χ2n) is 9.01. The van der Waals surface area contributed by atoms with E-state index in [0.717, 1.165) is 21.7 Å². The molecule has 0 saturated heterocycles. The third-order valence-corrected chi connectivity index (χ3v) is 8.09. The molecule has 208 valence electrons. The van der Waals surface area contributed by atoms with Crippen molar-refractivity contribution in [1.29, 1.82) is 0 Å². The van der Waals surface area contributed by atoms with E-state index < -0.39 is 28.5 Å². The van der Waals surface area contributed by atoms with Gasteiger partial charge in [0.2, 0.25) is 21.8 Å². The zero-order valence-electron chi connectivity index (χ0n) is 21.6. The molecule has 0 aliphatic carbocycles. The van der Waals surface area contributed by atoms with Crippen LogP contribution in [0.4, 0.5) is 5.69 Å². The predicted octanol–water partition coefficient (Wildman–Crippen LogP) is 5.58. The topological polar surface area (TPSA) is 86.8 Å². The molecular formula is C28H30Cl3N3O4S. The molecule has 1 atom stereocenters. The van der Waals surface area contributed by atoms with Crippen LogP contribution >= 0.6 is 34.8 Å². The molecule has 0 bridgehead atoms. The SMILES string of the molecule is CCCNC(=O)[C@@H](Cc1ccccc1)N(Cc1ccc(Cl)cc1)C(=O)CN(c1ccc(Cl)c(Cl)c1)S(C)(=O)=O. The summed E-state index contributed by atoms with van der Waals surface area (Å²) < 4.78 is 26.6. The molecular weight excluding hydrogens is 581 g/mol. The minimum Gasteiger partial charge on any atom is -0.354 e. The molecule has 7 nitrogen and oxygen atoms in total. The fourth-order valence-corrected chi connectivity index (χ4v) is 5.22. The van der Waals surface area contributed by atoms with Crippen LogP contribution in [0.25, 0.3) is 0 Å². The molecule has 1 N–H and O–H groups in total. The summed E-state index contributed by atoms with van der Waals surface area (Å²) in [6.45, 7) is 1.89. The number of benzene rings is 3. The molecule has 0 saturated carbocycles. The number of nitrogens with zero attached hydrogens (tertiary/aromatic N) is 2. The minimum atomic E-state index is -3.91. The maximum Gasteiger partial charge on any atom is 0.244 e. The van der Waals surface area contributed by atoms with Crippen LogP contribution < -0.4 is 9.62 Å². The first kappa shape index (κ1) is 30.8. The highest BCUT2D eigenvalue weighted by atomic mass is 35.5. The van der Waals surface area contributed by atoms with Crippen LogP contribution in [0.5, 0.6) is 0 Å². The average Bonchev–Trinajstić information content (AvgIpc) is 2.90. The number of carbonyl (C=O) groups is 2. The van der Waals surface area contributed by atoms with Gasteiger partial charge in [-0.3, -0.25) is 13.9 Å². The lowest BCUT2D eigenvalue weighted by atomic mass is 10.0. The summed E-state index contributed by atoms with van der Waals surface area (Å²) in [7, 11) is -3.91. The third kappa shape index (κ3) is 8.86. The Labute approximate surface area is 244 Å². The second-order valence-corrected chi connectivity index (χ2v) is 12.2. The summed E-state index contributed by atoms with van der Waals surface area (Å²) in [5, 5.41) is 3.82. The van der Waals surface area contributed by atoms with Gasteiger partial charge in [0, 0.05) is 24.5 Å². The summed E-state index contributed by atoms with van der Waals surface area (Å²) in [6.07, 6.45) is 1.96. The first-order chi connectivity index (χ1) is 18.5. The standard InChI is InChI=1S/C28H30Cl3N3O4S/c1-3-15-32-28(36)26(16-20-7-5-4-6-8-20)33(18-21-9-11-22(29)12-10-21)27(35)19-34(39(2,37)38)23-13-14-24(30)25(31)17-23/h4-14,17,26H,3,15-16,18-19H2,1-2H3,(H,32,36)/t26-/m1/s1. The van der Waals surface area contributed by atoms with Gasteiger partial charge in [0.05, 0.1) is 22.0 Å². The molecule has 0 radical (unpaired) electrons. The first-order valence-corrected chi connectivity index (χ1v) is 15.3. The molecule has 0 aliphatic rings. The van der Waals surface area contributed by atoms with Crippen LogP contribution in [0.15, 0.2) is 72.8 Å². The van der Waals surface area contributed by atoms with Crippen molar-refractivity contribution in [3.63, 3.8) is 0 Å². The van der Waals surface area contributed by atoms with Crippen LogP contribution in [-0.2, 0) is 32.6 Å². The fraction of sp³-hybridized carbons (Fsp3) is 0.286. The number of hydrogen-bond acceptors (Lipinski definition) is 4. The fourth-order valence-electron chi connectivity index (χ4n) is 3.96. The predicted molar refractivity (Wildman–Crippen MR) is 158 cm³/mol. The largest absolute Gasteiger partial charge is 0.354 e. The Kier molecular flexibility index (Phi) is 11.1. The Balaban J connectivity index is 2.04. The minimum absolute atomic E-state index is 0.0615. The van der Waals surface area contributed by atoms with Crippen LogP contribution in [0.2, 0.25) is 15.1 Å². The van der Waals surface area contributed by atoms with Gasteiger partial charge in [-0.2, -0.15) is 0 Å². The van der Waals surface area contributed by atoms with Crippen molar-refractivity contribution in [2.45, 2.75) is 32.4 Å². The van der Waals surface area contributed by atoms with Crippen molar-refractivity contribution in [2.24, 2.45) is 0 Å². The van der Waals surface area contributed by atoms with E-state index in [1.807, 2.05) is 37.3 Å². The van der Waals surface area contributed by atoms with Gasteiger partial charge >= 0.3 is 0 Å².